The molecule has 7 nitrogen and oxygen atoms in total. The fourth-order valence-corrected chi connectivity index (χ4v) is 1.49. The van der Waals surface area contributed by atoms with Crippen molar-refractivity contribution in [3.8, 4) is 0 Å². The highest BCUT2D eigenvalue weighted by Gasteiger charge is 2.19. The van der Waals surface area contributed by atoms with Gasteiger partial charge in [-0.15, -0.1) is 0 Å². The first-order chi connectivity index (χ1) is 8.47. The van der Waals surface area contributed by atoms with Crippen LogP contribution in [-0.4, -0.2) is 46.8 Å². The van der Waals surface area contributed by atoms with Gasteiger partial charge in [0.2, 0.25) is 0 Å². The van der Waals surface area contributed by atoms with Crippen LogP contribution in [0.2, 0.25) is 0 Å². The number of rotatable bonds is 5. The first-order valence-corrected chi connectivity index (χ1v) is 5.66. The molecule has 2 N–H and O–H groups in total. The predicted molar refractivity (Wildman–Crippen MR) is 65.8 cm³/mol. The molecular formula is C11H18N4O3. The van der Waals surface area contributed by atoms with Crippen molar-refractivity contribution < 1.29 is 14.3 Å². The Bertz CT molecular complexity index is 422. The van der Waals surface area contributed by atoms with E-state index in [1.54, 1.807) is 21.0 Å². The van der Waals surface area contributed by atoms with Crippen LogP contribution < -0.4 is 5.73 Å². The Balaban J connectivity index is 2.60. The number of esters is 1. The smallest absolute Gasteiger partial charge is 0.307 e. The van der Waals surface area contributed by atoms with Gasteiger partial charge in [0.15, 0.2) is 0 Å². The van der Waals surface area contributed by atoms with E-state index in [4.69, 9.17) is 10.5 Å². The van der Waals surface area contributed by atoms with E-state index in [1.807, 2.05) is 0 Å². The van der Waals surface area contributed by atoms with E-state index in [-0.39, 0.29) is 24.8 Å². The molecule has 0 spiro atoms. The van der Waals surface area contributed by atoms with Crippen molar-refractivity contribution in [1.29, 1.82) is 0 Å². The number of aryl methyl sites for hydroxylation is 1. The number of aromatic nitrogens is 2. The number of hydrogen-bond donors (Lipinski definition) is 1. The summed E-state index contributed by atoms with van der Waals surface area (Å²) in [5, 5.41) is 3.90. The van der Waals surface area contributed by atoms with E-state index in [2.05, 4.69) is 5.10 Å². The van der Waals surface area contributed by atoms with Crippen LogP contribution in [0.4, 0.5) is 5.69 Å². The second-order valence-corrected chi connectivity index (χ2v) is 3.85. The molecule has 0 atom stereocenters. The number of ether oxygens (including phenoxy) is 1. The van der Waals surface area contributed by atoms with E-state index < -0.39 is 0 Å². The highest BCUT2D eigenvalue weighted by atomic mass is 16.5. The van der Waals surface area contributed by atoms with Crippen LogP contribution in [0.15, 0.2) is 6.20 Å². The summed E-state index contributed by atoms with van der Waals surface area (Å²) in [4.78, 5) is 24.7. The second-order valence-electron chi connectivity index (χ2n) is 3.85. The summed E-state index contributed by atoms with van der Waals surface area (Å²) < 4.78 is 6.21. The minimum Gasteiger partial charge on any atom is -0.466 e. The summed E-state index contributed by atoms with van der Waals surface area (Å²) in [6, 6.07) is 0. The van der Waals surface area contributed by atoms with Crippen molar-refractivity contribution in [1.82, 2.24) is 14.7 Å². The van der Waals surface area contributed by atoms with E-state index in [0.29, 0.717) is 18.0 Å². The average molecular weight is 254 g/mol. The highest BCUT2D eigenvalue weighted by molar-refractivity contribution is 5.97. The Morgan fingerprint density at radius 1 is 1.56 bits per heavy atom. The minimum absolute atomic E-state index is 0.161. The van der Waals surface area contributed by atoms with Gasteiger partial charge in [-0.1, -0.05) is 0 Å². The van der Waals surface area contributed by atoms with Crippen molar-refractivity contribution in [2.75, 3.05) is 25.9 Å². The second kappa shape index (κ2) is 6.04. The zero-order chi connectivity index (χ0) is 13.7. The van der Waals surface area contributed by atoms with Gasteiger partial charge in [0.05, 0.1) is 24.9 Å². The van der Waals surface area contributed by atoms with Crippen LogP contribution in [0.5, 0.6) is 0 Å². The fraction of sp³-hybridized carbons (Fsp3) is 0.545. The minimum atomic E-state index is -0.324. The SMILES string of the molecule is CCOC(=O)CCN(C)C(=O)c1c(N)cnn1C. The molecule has 0 aliphatic heterocycles. The van der Waals surface area contributed by atoms with Crippen molar-refractivity contribution in [3.63, 3.8) is 0 Å². The van der Waals surface area contributed by atoms with Crippen LogP contribution in [0.1, 0.15) is 23.8 Å². The van der Waals surface area contributed by atoms with Gasteiger partial charge in [-0.05, 0) is 6.92 Å². The summed E-state index contributed by atoms with van der Waals surface area (Å²) in [5.74, 6) is -0.591. The van der Waals surface area contributed by atoms with Gasteiger partial charge in [-0.2, -0.15) is 5.10 Å². The van der Waals surface area contributed by atoms with Gasteiger partial charge >= 0.3 is 5.97 Å². The maximum Gasteiger partial charge on any atom is 0.307 e. The van der Waals surface area contributed by atoms with Gasteiger partial charge in [0.25, 0.3) is 5.91 Å². The summed E-state index contributed by atoms with van der Waals surface area (Å²) in [5.41, 5.74) is 6.31. The third-order valence-electron chi connectivity index (χ3n) is 2.47. The molecule has 1 amide bonds. The number of carbonyl (C=O) groups is 2. The summed E-state index contributed by atoms with van der Waals surface area (Å²) in [6.45, 7) is 2.36. The van der Waals surface area contributed by atoms with Gasteiger partial charge < -0.3 is 15.4 Å². The first kappa shape index (κ1) is 14.0. The van der Waals surface area contributed by atoms with E-state index in [9.17, 15) is 9.59 Å². The molecule has 1 heterocycles. The van der Waals surface area contributed by atoms with Crippen molar-refractivity contribution in [3.05, 3.63) is 11.9 Å². The molecule has 0 saturated heterocycles. The molecule has 18 heavy (non-hydrogen) atoms. The molecule has 0 saturated carbocycles. The van der Waals surface area contributed by atoms with Crippen LogP contribution in [-0.2, 0) is 16.6 Å². The monoisotopic (exact) mass is 254 g/mol. The average Bonchev–Trinajstić information content (AvgIpc) is 2.65. The number of carbonyl (C=O) groups excluding carboxylic acids is 2. The molecule has 0 radical (unpaired) electrons. The lowest BCUT2D eigenvalue weighted by Crippen LogP contribution is -2.31. The van der Waals surface area contributed by atoms with Crippen LogP contribution >= 0.6 is 0 Å². The number of nitrogens with zero attached hydrogens (tertiary/aromatic N) is 3. The van der Waals surface area contributed by atoms with Crippen LogP contribution in [0.3, 0.4) is 0 Å². The number of nitrogen functional groups attached to an aromatic ring is 1. The fourth-order valence-electron chi connectivity index (χ4n) is 1.49. The Morgan fingerprint density at radius 2 is 2.22 bits per heavy atom. The topological polar surface area (TPSA) is 90.4 Å². The maximum atomic E-state index is 12.1. The maximum absolute atomic E-state index is 12.1. The molecule has 0 aromatic carbocycles. The molecule has 1 rings (SSSR count). The molecule has 7 heteroatoms. The van der Waals surface area contributed by atoms with E-state index >= 15 is 0 Å². The standard InChI is InChI=1S/C11H18N4O3/c1-4-18-9(16)5-6-14(2)11(17)10-8(12)7-13-15(10)3/h7H,4-6,12H2,1-3H3. The third-order valence-corrected chi connectivity index (χ3v) is 2.47. The van der Waals surface area contributed by atoms with Crippen molar-refractivity contribution >= 4 is 17.6 Å². The van der Waals surface area contributed by atoms with Crippen molar-refractivity contribution in [2.24, 2.45) is 7.05 Å². The molecule has 1 aromatic heterocycles. The first-order valence-electron chi connectivity index (χ1n) is 5.66. The zero-order valence-electron chi connectivity index (χ0n) is 10.8. The number of anilines is 1. The quantitative estimate of drug-likeness (QED) is 0.748. The zero-order valence-corrected chi connectivity index (χ0v) is 10.8. The molecule has 1 aromatic rings. The molecule has 0 unspecified atom stereocenters. The van der Waals surface area contributed by atoms with Gasteiger partial charge in [0.1, 0.15) is 5.69 Å². The summed E-state index contributed by atoms with van der Waals surface area (Å²) in [7, 11) is 3.25. The lowest BCUT2D eigenvalue weighted by atomic mass is 10.3. The van der Waals surface area contributed by atoms with Crippen molar-refractivity contribution in [2.45, 2.75) is 13.3 Å². The van der Waals surface area contributed by atoms with E-state index in [0.717, 1.165) is 0 Å². The van der Waals surface area contributed by atoms with Gasteiger partial charge in [-0.3, -0.25) is 14.3 Å². The normalized spacial score (nSPS) is 10.2. The predicted octanol–water partition coefficient (Wildman–Crippen LogP) is 0.0275. The molecule has 0 aliphatic carbocycles. The largest absolute Gasteiger partial charge is 0.466 e. The Hall–Kier alpha value is -2.05. The third kappa shape index (κ3) is 3.22. The Morgan fingerprint density at radius 3 is 2.72 bits per heavy atom. The van der Waals surface area contributed by atoms with Gasteiger partial charge in [-0.25, -0.2) is 0 Å². The number of nitrogens with two attached hydrogens (primary N) is 1. The van der Waals surface area contributed by atoms with Gasteiger partial charge in [0, 0.05) is 20.6 Å². The van der Waals surface area contributed by atoms with E-state index in [1.165, 1.54) is 15.8 Å². The van der Waals surface area contributed by atoms with Crippen LogP contribution in [0.25, 0.3) is 0 Å². The van der Waals surface area contributed by atoms with Crippen LogP contribution in [0, 0.1) is 0 Å². The summed E-state index contributed by atoms with van der Waals surface area (Å²) in [6.07, 6.45) is 1.58. The Kier molecular flexibility index (Phi) is 4.70. The molecule has 100 valence electrons. The highest BCUT2D eigenvalue weighted by Crippen LogP contribution is 2.11. The number of amides is 1. The summed E-state index contributed by atoms with van der Waals surface area (Å²) >= 11 is 0. The number of hydrogen-bond acceptors (Lipinski definition) is 5. The molecule has 0 fully saturated rings. The lowest BCUT2D eigenvalue weighted by Gasteiger charge is -2.16. The molecule has 0 aliphatic rings. The lowest BCUT2D eigenvalue weighted by molar-refractivity contribution is -0.143. The molecular weight excluding hydrogens is 236 g/mol. The Labute approximate surface area is 105 Å². The molecule has 0 bridgehead atoms.